The van der Waals surface area contributed by atoms with Gasteiger partial charge in [0, 0.05) is 18.2 Å². The van der Waals surface area contributed by atoms with Gasteiger partial charge in [0.05, 0.1) is 0 Å². The Hall–Kier alpha value is -2.23. The average molecular weight is 315 g/mol. The molecule has 0 bridgehead atoms. The Morgan fingerprint density at radius 1 is 1.22 bits per heavy atom. The van der Waals surface area contributed by atoms with Crippen molar-refractivity contribution in [1.82, 2.24) is 4.98 Å². The topological polar surface area (TPSA) is 39.2 Å². The van der Waals surface area contributed by atoms with Gasteiger partial charge >= 0.3 is 0 Å². The largest absolute Gasteiger partial charge is 0.436 e. The molecule has 0 saturated carbocycles. The molecule has 0 amide bonds. The van der Waals surface area contributed by atoms with Crippen molar-refractivity contribution in [2.45, 2.75) is 46.0 Å². The van der Waals surface area contributed by atoms with Gasteiger partial charge in [0.1, 0.15) is 5.75 Å². The van der Waals surface area contributed by atoms with Crippen LogP contribution in [-0.2, 0) is 5.41 Å². The van der Waals surface area contributed by atoms with E-state index < -0.39 is 5.82 Å². The standard InChI is InChI=1S/C19H22FNO2/c1-5-17(22)13-11-16(20)18(21-12-13)23-15-9-7-14(8-10-15)19(3,4)6-2/h7-12H,5-6H2,1-4H3. The molecule has 0 radical (unpaired) electrons. The van der Waals surface area contributed by atoms with Crippen LogP contribution in [0, 0.1) is 5.82 Å². The molecule has 2 rings (SSSR count). The number of hydrogen-bond donors (Lipinski definition) is 0. The number of halogens is 1. The molecule has 3 nitrogen and oxygen atoms in total. The first kappa shape index (κ1) is 17.1. The van der Waals surface area contributed by atoms with Gasteiger partial charge in [-0.1, -0.05) is 39.8 Å². The van der Waals surface area contributed by atoms with Crippen LogP contribution in [0.5, 0.6) is 11.6 Å². The molecule has 4 heteroatoms. The Morgan fingerprint density at radius 2 is 1.87 bits per heavy atom. The number of pyridine rings is 1. The van der Waals surface area contributed by atoms with Crippen molar-refractivity contribution in [2.24, 2.45) is 0 Å². The maximum atomic E-state index is 14.0. The number of aromatic nitrogens is 1. The summed E-state index contributed by atoms with van der Waals surface area (Å²) in [6.07, 6.45) is 2.69. The van der Waals surface area contributed by atoms with Gasteiger partial charge in [0.25, 0.3) is 5.88 Å². The molecule has 0 unspecified atom stereocenters. The van der Waals surface area contributed by atoms with E-state index in [1.807, 2.05) is 12.1 Å². The molecular formula is C19H22FNO2. The van der Waals surface area contributed by atoms with Crippen molar-refractivity contribution in [2.75, 3.05) is 0 Å². The van der Waals surface area contributed by atoms with E-state index in [0.29, 0.717) is 12.2 Å². The zero-order chi connectivity index (χ0) is 17.0. The van der Waals surface area contributed by atoms with Crippen molar-refractivity contribution < 1.29 is 13.9 Å². The molecule has 0 aliphatic rings. The summed E-state index contributed by atoms with van der Waals surface area (Å²) in [7, 11) is 0. The van der Waals surface area contributed by atoms with Gasteiger partial charge in [-0.25, -0.2) is 9.37 Å². The summed E-state index contributed by atoms with van der Waals surface area (Å²) in [6.45, 7) is 8.22. The lowest BCUT2D eigenvalue weighted by atomic mass is 9.82. The van der Waals surface area contributed by atoms with Crippen LogP contribution < -0.4 is 4.74 Å². The molecule has 0 aliphatic carbocycles. The van der Waals surface area contributed by atoms with Crippen LogP contribution in [0.25, 0.3) is 0 Å². The lowest BCUT2D eigenvalue weighted by Gasteiger charge is -2.23. The third-order valence-corrected chi connectivity index (χ3v) is 4.18. The molecule has 0 atom stereocenters. The number of carbonyl (C=O) groups is 1. The highest BCUT2D eigenvalue weighted by Crippen LogP contribution is 2.29. The smallest absolute Gasteiger partial charge is 0.255 e. The molecule has 122 valence electrons. The number of nitrogens with zero attached hydrogens (tertiary/aromatic N) is 1. The van der Waals surface area contributed by atoms with Gasteiger partial charge in [0.15, 0.2) is 11.6 Å². The highest BCUT2D eigenvalue weighted by atomic mass is 19.1. The van der Waals surface area contributed by atoms with Gasteiger partial charge < -0.3 is 4.74 Å². The SMILES string of the molecule is CCC(=O)c1cnc(Oc2ccc(C(C)(C)CC)cc2)c(F)c1. The highest BCUT2D eigenvalue weighted by molar-refractivity contribution is 5.95. The van der Waals surface area contributed by atoms with Crippen LogP contribution in [0.2, 0.25) is 0 Å². The fraction of sp³-hybridized carbons (Fsp3) is 0.368. The quantitative estimate of drug-likeness (QED) is 0.680. The number of benzene rings is 1. The van der Waals surface area contributed by atoms with E-state index in [4.69, 9.17) is 4.74 Å². The number of carbonyl (C=O) groups excluding carboxylic acids is 1. The Labute approximate surface area is 136 Å². The third-order valence-electron chi connectivity index (χ3n) is 4.18. The first-order chi connectivity index (χ1) is 10.9. The molecule has 0 spiro atoms. The minimum absolute atomic E-state index is 0.0875. The van der Waals surface area contributed by atoms with Crippen molar-refractivity contribution in [3.05, 3.63) is 53.5 Å². The summed E-state index contributed by atoms with van der Waals surface area (Å²) < 4.78 is 19.5. The van der Waals surface area contributed by atoms with Crippen LogP contribution in [0.1, 0.15) is 56.5 Å². The number of ether oxygens (including phenoxy) is 1. The molecule has 1 heterocycles. The number of ketones is 1. The number of rotatable bonds is 6. The Kier molecular flexibility index (Phi) is 5.14. The molecular weight excluding hydrogens is 293 g/mol. The summed E-state index contributed by atoms with van der Waals surface area (Å²) in [4.78, 5) is 15.5. The van der Waals surface area contributed by atoms with Gasteiger partial charge in [-0.2, -0.15) is 0 Å². The molecule has 1 aromatic heterocycles. The molecule has 1 aromatic carbocycles. The first-order valence-electron chi connectivity index (χ1n) is 7.84. The Bertz CT molecular complexity index is 693. The van der Waals surface area contributed by atoms with Crippen LogP contribution in [0.3, 0.4) is 0 Å². The lowest BCUT2D eigenvalue weighted by molar-refractivity contribution is 0.0987. The van der Waals surface area contributed by atoms with E-state index in [-0.39, 0.29) is 22.6 Å². The summed E-state index contributed by atoms with van der Waals surface area (Å²) in [5, 5.41) is 0. The second kappa shape index (κ2) is 6.90. The minimum atomic E-state index is -0.637. The van der Waals surface area contributed by atoms with E-state index in [1.54, 1.807) is 19.1 Å². The Morgan fingerprint density at radius 3 is 2.39 bits per heavy atom. The van der Waals surface area contributed by atoms with E-state index in [1.165, 1.54) is 17.8 Å². The predicted octanol–water partition coefficient (Wildman–Crippen LogP) is 5.29. The highest BCUT2D eigenvalue weighted by Gasteiger charge is 2.18. The number of Topliss-reactive ketones (excluding diaryl/α,β-unsaturated/α-hetero) is 1. The Balaban J connectivity index is 2.18. The molecule has 0 aliphatic heterocycles. The molecule has 0 saturated heterocycles. The third kappa shape index (κ3) is 3.95. The minimum Gasteiger partial charge on any atom is -0.436 e. The van der Waals surface area contributed by atoms with E-state index in [9.17, 15) is 9.18 Å². The van der Waals surface area contributed by atoms with Crippen LogP contribution >= 0.6 is 0 Å². The lowest BCUT2D eigenvalue weighted by Crippen LogP contribution is -2.14. The average Bonchev–Trinajstić information content (AvgIpc) is 2.56. The van der Waals surface area contributed by atoms with Crippen molar-refractivity contribution >= 4 is 5.78 Å². The van der Waals surface area contributed by atoms with Crippen molar-refractivity contribution in [1.29, 1.82) is 0 Å². The predicted molar refractivity (Wildman–Crippen MR) is 88.6 cm³/mol. The maximum absolute atomic E-state index is 14.0. The molecule has 23 heavy (non-hydrogen) atoms. The first-order valence-corrected chi connectivity index (χ1v) is 7.84. The van der Waals surface area contributed by atoms with Gasteiger partial charge in [0.2, 0.25) is 0 Å². The monoisotopic (exact) mass is 315 g/mol. The van der Waals surface area contributed by atoms with E-state index in [0.717, 1.165) is 6.42 Å². The van der Waals surface area contributed by atoms with Crippen LogP contribution in [0.4, 0.5) is 4.39 Å². The summed E-state index contributed by atoms with van der Waals surface area (Å²) in [6, 6.07) is 8.73. The maximum Gasteiger partial charge on any atom is 0.255 e. The number of hydrogen-bond acceptors (Lipinski definition) is 3. The fourth-order valence-electron chi connectivity index (χ4n) is 2.15. The van der Waals surface area contributed by atoms with Crippen molar-refractivity contribution in [3.8, 4) is 11.6 Å². The van der Waals surface area contributed by atoms with Crippen LogP contribution in [0.15, 0.2) is 36.5 Å². The second-order valence-corrected chi connectivity index (χ2v) is 6.15. The normalized spacial score (nSPS) is 11.3. The van der Waals surface area contributed by atoms with Crippen molar-refractivity contribution in [3.63, 3.8) is 0 Å². The van der Waals surface area contributed by atoms with E-state index >= 15 is 0 Å². The van der Waals surface area contributed by atoms with Gasteiger partial charge in [-0.15, -0.1) is 0 Å². The molecule has 2 aromatic rings. The van der Waals surface area contributed by atoms with Crippen LogP contribution in [-0.4, -0.2) is 10.8 Å². The van der Waals surface area contributed by atoms with E-state index in [2.05, 4.69) is 25.8 Å². The zero-order valence-electron chi connectivity index (χ0n) is 14.0. The van der Waals surface area contributed by atoms with Gasteiger partial charge in [-0.3, -0.25) is 4.79 Å². The second-order valence-electron chi connectivity index (χ2n) is 6.15. The zero-order valence-corrected chi connectivity index (χ0v) is 14.0. The molecule has 0 N–H and O–H groups in total. The fourth-order valence-corrected chi connectivity index (χ4v) is 2.15. The summed E-state index contributed by atoms with van der Waals surface area (Å²) in [5.41, 5.74) is 1.55. The summed E-state index contributed by atoms with van der Waals surface area (Å²) >= 11 is 0. The van der Waals surface area contributed by atoms with Gasteiger partial charge in [-0.05, 0) is 35.6 Å². The molecule has 0 fully saturated rings. The summed E-state index contributed by atoms with van der Waals surface area (Å²) in [5.74, 6) is -0.391.